The van der Waals surface area contributed by atoms with Crippen LogP contribution in [0.1, 0.15) is 70.5 Å². The lowest BCUT2D eigenvalue weighted by Crippen LogP contribution is -2.23. The molecule has 0 saturated heterocycles. The predicted octanol–water partition coefficient (Wildman–Crippen LogP) is 4.55. The highest BCUT2D eigenvalue weighted by molar-refractivity contribution is 7.12. The highest BCUT2D eigenvalue weighted by Gasteiger charge is 2.29. The van der Waals surface area contributed by atoms with Crippen molar-refractivity contribution < 1.29 is 9.32 Å². The van der Waals surface area contributed by atoms with Crippen molar-refractivity contribution in [2.45, 2.75) is 59.0 Å². The summed E-state index contributed by atoms with van der Waals surface area (Å²) < 4.78 is 7.13. The number of pyridine rings is 1. The number of nitrogens with one attached hydrogen (secondary N) is 1. The summed E-state index contributed by atoms with van der Waals surface area (Å²) in [5.41, 5.74) is 3.06. The largest absolute Gasteiger partial charge is 0.343 e. The Bertz CT molecular complexity index is 1280. The summed E-state index contributed by atoms with van der Waals surface area (Å²) in [5.74, 6) is 1.35. The van der Waals surface area contributed by atoms with Crippen molar-refractivity contribution in [2.24, 2.45) is 0 Å². The van der Waals surface area contributed by atoms with Gasteiger partial charge >= 0.3 is 0 Å². The molecule has 0 aromatic carbocycles. The van der Waals surface area contributed by atoms with E-state index in [-0.39, 0.29) is 18.5 Å². The van der Waals surface area contributed by atoms with Gasteiger partial charge < -0.3 is 9.84 Å². The first-order valence-electron chi connectivity index (χ1n) is 10.5. The molecule has 1 N–H and O–H groups in total. The lowest BCUT2D eigenvalue weighted by molar-refractivity contribution is 0.0948. The first-order chi connectivity index (χ1) is 14.9. The number of rotatable bonds is 6. The Morgan fingerprint density at radius 2 is 2.10 bits per heavy atom. The Labute approximate surface area is 183 Å². The quantitative estimate of drug-likeness (QED) is 0.476. The summed E-state index contributed by atoms with van der Waals surface area (Å²) in [6.45, 7) is 8.44. The van der Waals surface area contributed by atoms with E-state index in [4.69, 9.17) is 9.51 Å². The third-order valence-corrected chi connectivity index (χ3v) is 6.41. The molecule has 1 amide bonds. The van der Waals surface area contributed by atoms with Crippen LogP contribution >= 0.6 is 11.3 Å². The third kappa shape index (κ3) is 3.74. The van der Waals surface area contributed by atoms with Gasteiger partial charge in [0.15, 0.2) is 11.5 Å². The van der Waals surface area contributed by atoms with Gasteiger partial charge in [-0.05, 0) is 52.7 Å². The molecule has 0 spiro atoms. The number of hydrogen-bond donors (Lipinski definition) is 1. The second-order valence-corrected chi connectivity index (χ2v) is 9.77. The molecule has 0 atom stereocenters. The molecule has 4 heterocycles. The molecule has 1 aliphatic carbocycles. The number of carbonyl (C=O) groups excluding carboxylic acids is 1. The number of carbonyl (C=O) groups is 1. The van der Waals surface area contributed by atoms with Crippen molar-refractivity contribution in [1.29, 1.82) is 0 Å². The van der Waals surface area contributed by atoms with E-state index in [1.165, 1.54) is 9.75 Å². The molecule has 0 radical (unpaired) electrons. The number of hydrogen-bond acceptors (Lipinski definition) is 7. The predicted molar refractivity (Wildman–Crippen MR) is 118 cm³/mol. The molecule has 0 bridgehead atoms. The molecule has 1 aliphatic rings. The minimum absolute atomic E-state index is 0.126. The van der Waals surface area contributed by atoms with Crippen LogP contribution in [0.15, 0.2) is 22.9 Å². The normalized spacial score (nSPS) is 14.0. The summed E-state index contributed by atoms with van der Waals surface area (Å²) in [6, 6.07) is 4.09. The van der Waals surface area contributed by atoms with Gasteiger partial charge in [-0.3, -0.25) is 4.79 Å². The molecular weight excluding hydrogens is 412 g/mol. The molecule has 4 aromatic rings. The van der Waals surface area contributed by atoms with Crippen molar-refractivity contribution in [3.05, 3.63) is 45.4 Å². The van der Waals surface area contributed by atoms with Crippen molar-refractivity contribution in [1.82, 2.24) is 30.2 Å². The number of fused-ring (bicyclic) bond motifs is 1. The summed E-state index contributed by atoms with van der Waals surface area (Å²) >= 11 is 1.72. The molecule has 9 heteroatoms. The fourth-order valence-electron chi connectivity index (χ4n) is 3.71. The minimum atomic E-state index is -0.215. The zero-order valence-electron chi connectivity index (χ0n) is 18.0. The van der Waals surface area contributed by atoms with E-state index in [2.05, 4.69) is 40.5 Å². The van der Waals surface area contributed by atoms with Gasteiger partial charge in [0, 0.05) is 27.3 Å². The molecule has 160 valence electrons. The Morgan fingerprint density at radius 3 is 2.77 bits per heavy atom. The average Bonchev–Trinajstić information content (AvgIpc) is 3.16. The van der Waals surface area contributed by atoms with Crippen LogP contribution in [0.4, 0.5) is 0 Å². The Kier molecular flexibility index (Phi) is 4.85. The summed E-state index contributed by atoms with van der Waals surface area (Å²) in [7, 11) is 0. The zero-order chi connectivity index (χ0) is 21.7. The van der Waals surface area contributed by atoms with E-state index in [0.717, 1.165) is 35.3 Å². The lowest BCUT2D eigenvalue weighted by atomic mass is 10.1. The van der Waals surface area contributed by atoms with Gasteiger partial charge in [-0.1, -0.05) is 5.16 Å². The fourth-order valence-corrected chi connectivity index (χ4v) is 4.64. The first kappa shape index (κ1) is 19.9. The number of aryl methyl sites for hydroxylation is 2. The van der Waals surface area contributed by atoms with E-state index in [0.29, 0.717) is 23.0 Å². The monoisotopic (exact) mass is 436 g/mol. The summed E-state index contributed by atoms with van der Waals surface area (Å²) in [6.07, 6.45) is 3.92. The van der Waals surface area contributed by atoms with E-state index < -0.39 is 0 Å². The van der Waals surface area contributed by atoms with Gasteiger partial charge in [0.1, 0.15) is 0 Å². The standard InChI is InChI=1S/C22H24N6O2S/c1-11(2)28-21-17(9-24-28)16(8-18(25-21)15-7-12(3)31-13(15)4)22(29)23-10-19-26-20(27-30-19)14-5-6-14/h7-9,11,14H,5-6,10H2,1-4H3,(H,23,29). The van der Waals surface area contributed by atoms with Crippen molar-refractivity contribution in [2.75, 3.05) is 0 Å². The van der Waals surface area contributed by atoms with Crippen LogP contribution in [0.2, 0.25) is 0 Å². The van der Waals surface area contributed by atoms with Crippen LogP contribution in [0, 0.1) is 13.8 Å². The Morgan fingerprint density at radius 1 is 1.29 bits per heavy atom. The Balaban J connectivity index is 1.50. The second-order valence-electron chi connectivity index (χ2n) is 8.31. The molecule has 31 heavy (non-hydrogen) atoms. The van der Waals surface area contributed by atoms with Crippen LogP contribution in [0.25, 0.3) is 22.3 Å². The Hall–Kier alpha value is -3.07. The zero-order valence-corrected chi connectivity index (χ0v) is 18.8. The van der Waals surface area contributed by atoms with Crippen molar-refractivity contribution in [3.63, 3.8) is 0 Å². The molecule has 5 rings (SSSR count). The molecule has 0 unspecified atom stereocenters. The van der Waals surface area contributed by atoms with E-state index in [1.807, 2.05) is 24.6 Å². The van der Waals surface area contributed by atoms with Crippen LogP contribution in [-0.2, 0) is 6.54 Å². The molecule has 4 aromatic heterocycles. The van der Waals surface area contributed by atoms with E-state index >= 15 is 0 Å². The maximum atomic E-state index is 13.2. The fraction of sp³-hybridized carbons (Fsp3) is 0.409. The number of thiophene rings is 1. The maximum absolute atomic E-state index is 13.2. The maximum Gasteiger partial charge on any atom is 0.252 e. The van der Waals surface area contributed by atoms with Crippen LogP contribution in [0.5, 0.6) is 0 Å². The van der Waals surface area contributed by atoms with Gasteiger partial charge in [-0.25, -0.2) is 9.67 Å². The highest BCUT2D eigenvalue weighted by atomic mass is 32.1. The van der Waals surface area contributed by atoms with Gasteiger partial charge in [0.05, 0.1) is 29.4 Å². The molecular formula is C22H24N6O2S. The molecule has 1 saturated carbocycles. The number of nitrogens with zero attached hydrogens (tertiary/aromatic N) is 5. The molecule has 0 aliphatic heterocycles. The minimum Gasteiger partial charge on any atom is -0.343 e. The number of amides is 1. The van der Waals surface area contributed by atoms with Crippen LogP contribution in [-0.4, -0.2) is 30.8 Å². The SMILES string of the molecule is Cc1cc(-c2cc(C(=O)NCc3nc(C4CC4)no3)c3cnn(C(C)C)c3n2)c(C)s1. The first-order valence-corrected chi connectivity index (χ1v) is 11.3. The van der Waals surface area contributed by atoms with E-state index in [9.17, 15) is 4.79 Å². The average molecular weight is 437 g/mol. The number of aromatic nitrogens is 5. The molecule has 1 fully saturated rings. The second kappa shape index (κ2) is 7.56. The van der Waals surface area contributed by atoms with Gasteiger partial charge in [0.2, 0.25) is 5.89 Å². The smallest absolute Gasteiger partial charge is 0.252 e. The van der Waals surface area contributed by atoms with Crippen LogP contribution in [0.3, 0.4) is 0 Å². The van der Waals surface area contributed by atoms with Gasteiger partial charge in [0.25, 0.3) is 5.91 Å². The van der Waals surface area contributed by atoms with Crippen LogP contribution < -0.4 is 5.32 Å². The topological polar surface area (TPSA) is 98.7 Å². The summed E-state index contributed by atoms with van der Waals surface area (Å²) in [4.78, 5) is 24.8. The van der Waals surface area contributed by atoms with Gasteiger partial charge in [-0.15, -0.1) is 11.3 Å². The van der Waals surface area contributed by atoms with Crippen molar-refractivity contribution >= 4 is 28.3 Å². The van der Waals surface area contributed by atoms with E-state index in [1.54, 1.807) is 17.5 Å². The lowest BCUT2D eigenvalue weighted by Gasteiger charge is -2.10. The molecule has 8 nitrogen and oxygen atoms in total. The van der Waals surface area contributed by atoms with Crippen molar-refractivity contribution in [3.8, 4) is 11.3 Å². The summed E-state index contributed by atoms with van der Waals surface area (Å²) in [5, 5.41) is 12.1. The van der Waals surface area contributed by atoms with Gasteiger partial charge in [-0.2, -0.15) is 10.1 Å². The third-order valence-electron chi connectivity index (χ3n) is 5.44. The highest BCUT2D eigenvalue weighted by Crippen LogP contribution is 2.38.